The summed E-state index contributed by atoms with van der Waals surface area (Å²) in [6, 6.07) is 9.81. The Morgan fingerprint density at radius 1 is 1.32 bits per heavy atom. The Morgan fingerprint density at radius 2 is 1.96 bits per heavy atom. The monoisotopic (exact) mass is 384 g/mol. The van der Waals surface area contributed by atoms with E-state index in [9.17, 15) is 14.7 Å². The first-order chi connectivity index (χ1) is 13.4. The minimum Gasteiger partial charge on any atom is -0.393 e. The molecule has 0 saturated heterocycles. The lowest BCUT2D eigenvalue weighted by Crippen LogP contribution is -2.60. The minimum absolute atomic E-state index is 0.000758. The van der Waals surface area contributed by atoms with E-state index in [1.165, 1.54) is 0 Å². The smallest absolute Gasteiger partial charge is 0.268 e. The SMILES string of the molecule is CC[C@@H](c1ccccc1)N1NC(C(=O)NC)=CC1(C(N)=O)C1[C@H]2CC(O)C[C@@H]12. The van der Waals surface area contributed by atoms with E-state index in [-0.39, 0.29) is 35.8 Å². The maximum atomic E-state index is 12.9. The Balaban J connectivity index is 1.78. The van der Waals surface area contributed by atoms with E-state index in [1.807, 2.05) is 35.3 Å². The highest BCUT2D eigenvalue weighted by molar-refractivity contribution is 5.97. The molecule has 7 nitrogen and oxygen atoms in total. The molecule has 5 N–H and O–H groups in total. The molecular formula is C21H28N4O3. The fourth-order valence-electron chi connectivity index (χ4n) is 5.45. The number of aliphatic hydroxyl groups is 1. The topological polar surface area (TPSA) is 108 Å². The van der Waals surface area contributed by atoms with Crippen LogP contribution in [-0.4, -0.2) is 40.6 Å². The Labute approximate surface area is 164 Å². The zero-order chi connectivity index (χ0) is 20.1. The number of amides is 2. The van der Waals surface area contributed by atoms with Gasteiger partial charge in [0.15, 0.2) is 0 Å². The molecule has 1 aromatic carbocycles. The summed E-state index contributed by atoms with van der Waals surface area (Å²) in [5, 5.41) is 14.5. The average Bonchev–Trinajstić information content (AvgIpc) is 3.04. The van der Waals surface area contributed by atoms with Crippen molar-refractivity contribution in [1.29, 1.82) is 0 Å². The second kappa shape index (κ2) is 6.90. The first-order valence-electron chi connectivity index (χ1n) is 9.97. The average molecular weight is 384 g/mol. The second-order valence-corrected chi connectivity index (χ2v) is 8.12. The molecule has 0 spiro atoms. The molecule has 7 heteroatoms. The van der Waals surface area contributed by atoms with Gasteiger partial charge < -0.3 is 21.6 Å². The summed E-state index contributed by atoms with van der Waals surface area (Å²) in [6.45, 7) is 2.06. The molecule has 1 heterocycles. The van der Waals surface area contributed by atoms with Crippen molar-refractivity contribution in [3.05, 3.63) is 47.7 Å². The van der Waals surface area contributed by atoms with Gasteiger partial charge in [-0.25, -0.2) is 0 Å². The van der Waals surface area contributed by atoms with Crippen molar-refractivity contribution in [2.24, 2.45) is 23.5 Å². The number of nitrogens with two attached hydrogens (primary N) is 1. The number of primary amides is 1. The van der Waals surface area contributed by atoms with Gasteiger partial charge in [0.1, 0.15) is 11.2 Å². The van der Waals surface area contributed by atoms with Gasteiger partial charge in [0, 0.05) is 7.05 Å². The predicted molar refractivity (Wildman–Crippen MR) is 104 cm³/mol. The molecule has 4 rings (SSSR count). The van der Waals surface area contributed by atoms with Gasteiger partial charge in [-0.15, -0.1) is 0 Å². The lowest BCUT2D eigenvalue weighted by Gasteiger charge is -2.41. The molecule has 1 aliphatic heterocycles. The lowest BCUT2D eigenvalue weighted by atomic mass is 9.84. The highest BCUT2D eigenvalue weighted by atomic mass is 16.3. The van der Waals surface area contributed by atoms with Gasteiger partial charge in [0.05, 0.1) is 12.1 Å². The Kier molecular flexibility index (Phi) is 4.67. The lowest BCUT2D eigenvalue weighted by molar-refractivity contribution is -0.132. The van der Waals surface area contributed by atoms with Crippen LogP contribution in [0.15, 0.2) is 42.1 Å². The summed E-state index contributed by atoms with van der Waals surface area (Å²) in [4.78, 5) is 25.3. The van der Waals surface area contributed by atoms with E-state index in [4.69, 9.17) is 5.73 Å². The van der Waals surface area contributed by atoms with Crippen LogP contribution < -0.4 is 16.5 Å². The maximum Gasteiger partial charge on any atom is 0.268 e. The molecule has 2 fully saturated rings. The summed E-state index contributed by atoms with van der Waals surface area (Å²) in [5.74, 6) is -0.231. The van der Waals surface area contributed by atoms with Crippen molar-refractivity contribution >= 4 is 11.8 Å². The van der Waals surface area contributed by atoms with E-state index >= 15 is 0 Å². The molecule has 28 heavy (non-hydrogen) atoms. The number of nitrogens with one attached hydrogen (secondary N) is 2. The van der Waals surface area contributed by atoms with Gasteiger partial charge in [0.2, 0.25) is 5.91 Å². The van der Waals surface area contributed by atoms with Crippen molar-refractivity contribution < 1.29 is 14.7 Å². The summed E-state index contributed by atoms with van der Waals surface area (Å²) in [7, 11) is 1.57. The molecule has 2 saturated carbocycles. The van der Waals surface area contributed by atoms with Crippen LogP contribution in [0.1, 0.15) is 37.8 Å². The fraction of sp³-hybridized carbons (Fsp3) is 0.524. The molecule has 3 aliphatic rings. The number of benzene rings is 1. The van der Waals surface area contributed by atoms with Gasteiger partial charge >= 0.3 is 0 Å². The van der Waals surface area contributed by atoms with E-state index < -0.39 is 11.4 Å². The molecule has 0 radical (unpaired) electrons. The maximum absolute atomic E-state index is 12.9. The van der Waals surface area contributed by atoms with E-state index in [0.29, 0.717) is 18.5 Å². The third-order valence-electron chi connectivity index (χ3n) is 6.68. The standard InChI is InChI=1S/C21H28N4O3/c1-3-17(12-7-5-4-6-8-12)25-21(20(22)28,11-16(24-25)19(27)23-2)18-14-9-13(26)10-15(14)18/h4-8,11,13-15,17-18,24,26H,3,9-10H2,1-2H3,(H2,22,28)(H,23,27)/t13?,14-,15+,17-,18?,21?/m0/s1. The van der Waals surface area contributed by atoms with Crippen molar-refractivity contribution in [1.82, 2.24) is 15.8 Å². The van der Waals surface area contributed by atoms with Gasteiger partial charge in [-0.3, -0.25) is 9.59 Å². The number of likely N-dealkylation sites (N-methyl/N-ethyl adjacent to an activating group) is 1. The van der Waals surface area contributed by atoms with Crippen LogP contribution in [0.2, 0.25) is 0 Å². The first-order valence-corrected chi connectivity index (χ1v) is 9.97. The van der Waals surface area contributed by atoms with Gasteiger partial charge in [-0.2, -0.15) is 5.01 Å². The zero-order valence-corrected chi connectivity index (χ0v) is 16.3. The molecule has 2 amide bonds. The number of fused-ring (bicyclic) bond motifs is 1. The van der Waals surface area contributed by atoms with Crippen molar-refractivity contribution in [3.63, 3.8) is 0 Å². The number of rotatable bonds is 6. The number of aliphatic hydroxyl groups excluding tert-OH is 1. The second-order valence-electron chi connectivity index (χ2n) is 8.12. The van der Waals surface area contributed by atoms with Crippen LogP contribution in [0.5, 0.6) is 0 Å². The summed E-state index contributed by atoms with van der Waals surface area (Å²) < 4.78 is 0. The quantitative estimate of drug-likeness (QED) is 0.581. The normalized spacial score (nSPS) is 34.9. The van der Waals surface area contributed by atoms with E-state index in [2.05, 4.69) is 17.7 Å². The van der Waals surface area contributed by atoms with Crippen LogP contribution in [0.25, 0.3) is 0 Å². The number of hydrogen-bond acceptors (Lipinski definition) is 5. The van der Waals surface area contributed by atoms with Crippen molar-refractivity contribution in [2.75, 3.05) is 7.05 Å². The Morgan fingerprint density at radius 3 is 2.50 bits per heavy atom. The highest BCUT2D eigenvalue weighted by Crippen LogP contribution is 2.64. The van der Waals surface area contributed by atoms with Crippen molar-refractivity contribution in [2.45, 2.75) is 43.9 Å². The Hall–Kier alpha value is -2.38. The molecule has 3 unspecified atom stereocenters. The Bertz CT molecular complexity index is 799. The number of hydrazine groups is 1. The first kappa shape index (κ1) is 19.0. The van der Waals surface area contributed by atoms with Gasteiger partial charge in [-0.05, 0) is 48.7 Å². The van der Waals surface area contributed by atoms with Crippen LogP contribution in [0.4, 0.5) is 0 Å². The zero-order valence-electron chi connectivity index (χ0n) is 16.3. The number of hydrogen-bond donors (Lipinski definition) is 4. The van der Waals surface area contributed by atoms with Crippen molar-refractivity contribution in [3.8, 4) is 0 Å². The fourth-order valence-corrected chi connectivity index (χ4v) is 5.45. The van der Waals surface area contributed by atoms with Crippen LogP contribution >= 0.6 is 0 Å². The number of nitrogens with zero attached hydrogens (tertiary/aromatic N) is 1. The molecule has 150 valence electrons. The third kappa shape index (κ3) is 2.72. The van der Waals surface area contributed by atoms with Crippen LogP contribution in [0.3, 0.4) is 0 Å². The van der Waals surface area contributed by atoms with Gasteiger partial charge in [-0.1, -0.05) is 37.3 Å². The summed E-state index contributed by atoms with van der Waals surface area (Å²) in [5.41, 5.74) is 9.54. The number of carbonyl (C=O) groups is 2. The van der Waals surface area contributed by atoms with Crippen LogP contribution in [0, 0.1) is 17.8 Å². The summed E-state index contributed by atoms with van der Waals surface area (Å²) >= 11 is 0. The largest absolute Gasteiger partial charge is 0.393 e. The summed E-state index contributed by atoms with van der Waals surface area (Å²) in [6.07, 6.45) is 3.52. The molecule has 0 bridgehead atoms. The minimum atomic E-state index is -1.09. The highest BCUT2D eigenvalue weighted by Gasteiger charge is 2.69. The molecule has 1 aromatic rings. The molecule has 2 aliphatic carbocycles. The van der Waals surface area contributed by atoms with Gasteiger partial charge in [0.25, 0.3) is 5.91 Å². The molecule has 0 aromatic heterocycles. The molecular weight excluding hydrogens is 356 g/mol. The van der Waals surface area contributed by atoms with E-state index in [1.54, 1.807) is 13.1 Å². The third-order valence-corrected chi connectivity index (χ3v) is 6.68. The number of carbonyl (C=O) groups excluding carboxylic acids is 2. The molecule has 6 atom stereocenters. The van der Waals surface area contributed by atoms with E-state index in [0.717, 1.165) is 12.0 Å². The van der Waals surface area contributed by atoms with Crippen LogP contribution in [-0.2, 0) is 9.59 Å². The predicted octanol–water partition coefficient (Wildman–Crippen LogP) is 0.829.